The number of aryl methyl sites for hydroxylation is 1. The van der Waals surface area contributed by atoms with E-state index >= 15 is 0 Å². The maximum Gasteiger partial charge on any atom is 0.260 e. The Bertz CT molecular complexity index is 1080. The zero-order valence-corrected chi connectivity index (χ0v) is 19.9. The molecule has 1 fully saturated rings. The molecule has 2 heterocycles. The summed E-state index contributed by atoms with van der Waals surface area (Å²) in [5.74, 6) is 2.05. The van der Waals surface area contributed by atoms with E-state index in [0.717, 1.165) is 60.7 Å². The Hall–Kier alpha value is -3.23. The summed E-state index contributed by atoms with van der Waals surface area (Å²) in [5, 5.41) is 17.4. The van der Waals surface area contributed by atoms with Crippen molar-refractivity contribution >= 4 is 5.91 Å². The molecular formula is C26H33N5O3. The van der Waals surface area contributed by atoms with Gasteiger partial charge in [0.15, 0.2) is 6.61 Å². The van der Waals surface area contributed by atoms with Crippen molar-refractivity contribution in [3.63, 3.8) is 0 Å². The molecular weight excluding hydrogens is 430 g/mol. The van der Waals surface area contributed by atoms with Gasteiger partial charge in [0.2, 0.25) is 0 Å². The van der Waals surface area contributed by atoms with Gasteiger partial charge in [0.25, 0.3) is 5.91 Å². The molecule has 1 amide bonds. The minimum Gasteiger partial charge on any atom is -0.483 e. The van der Waals surface area contributed by atoms with Crippen molar-refractivity contribution in [2.75, 3.05) is 39.9 Å². The van der Waals surface area contributed by atoms with E-state index in [1.807, 2.05) is 41.9 Å². The second-order valence-electron chi connectivity index (χ2n) is 8.87. The smallest absolute Gasteiger partial charge is 0.260 e. The first-order valence-electron chi connectivity index (χ1n) is 11.8. The molecule has 2 aromatic carbocycles. The summed E-state index contributed by atoms with van der Waals surface area (Å²) in [7, 11) is 3.67. The number of aromatic nitrogens is 3. The molecule has 0 radical (unpaired) electrons. The number of piperidine rings is 1. The number of carbonyl (C=O) groups excluding carboxylic acids is 1. The highest BCUT2D eigenvalue weighted by atomic mass is 16.5. The predicted octanol–water partition coefficient (Wildman–Crippen LogP) is 2.69. The Balaban J connectivity index is 1.48. The quantitative estimate of drug-likeness (QED) is 0.525. The van der Waals surface area contributed by atoms with Crippen molar-refractivity contribution in [2.24, 2.45) is 7.05 Å². The van der Waals surface area contributed by atoms with E-state index in [4.69, 9.17) is 9.84 Å². The number of aliphatic hydroxyl groups is 1. The maximum atomic E-state index is 12.3. The molecule has 8 nitrogen and oxygen atoms in total. The Morgan fingerprint density at radius 3 is 2.59 bits per heavy atom. The Kier molecular flexibility index (Phi) is 7.92. The number of benzene rings is 2. The van der Waals surface area contributed by atoms with Gasteiger partial charge in [-0.15, -0.1) is 10.2 Å². The minimum absolute atomic E-state index is 0.0532. The number of hydrogen-bond donors (Lipinski definition) is 1. The van der Waals surface area contributed by atoms with Crippen LogP contribution in [0.15, 0.2) is 54.9 Å². The molecule has 4 rings (SSSR count). The lowest BCUT2D eigenvalue weighted by Crippen LogP contribution is -2.34. The SMILES string of the molecule is CN(CCO)C(=O)COc1ccc(-c2ccccc2)cc1CN1CCC(c2nncn2C)CC1. The average molecular weight is 464 g/mol. The van der Waals surface area contributed by atoms with E-state index in [1.165, 1.54) is 4.90 Å². The van der Waals surface area contributed by atoms with Crippen LogP contribution in [0.3, 0.4) is 0 Å². The number of hydrogen-bond acceptors (Lipinski definition) is 6. The highest BCUT2D eigenvalue weighted by molar-refractivity contribution is 5.77. The van der Waals surface area contributed by atoms with E-state index in [-0.39, 0.29) is 19.1 Å². The third-order valence-corrected chi connectivity index (χ3v) is 6.47. The van der Waals surface area contributed by atoms with Crippen LogP contribution in [0, 0.1) is 0 Å². The van der Waals surface area contributed by atoms with Gasteiger partial charge in [-0.25, -0.2) is 0 Å². The largest absolute Gasteiger partial charge is 0.483 e. The molecule has 1 saturated heterocycles. The number of carbonyl (C=O) groups is 1. The molecule has 1 aromatic heterocycles. The Morgan fingerprint density at radius 2 is 1.91 bits per heavy atom. The van der Waals surface area contributed by atoms with Crippen LogP contribution in [0.4, 0.5) is 0 Å². The number of nitrogens with zero attached hydrogens (tertiary/aromatic N) is 5. The van der Waals surface area contributed by atoms with Crippen LogP contribution in [0.5, 0.6) is 5.75 Å². The fraction of sp³-hybridized carbons (Fsp3) is 0.423. The van der Waals surface area contributed by atoms with Gasteiger partial charge >= 0.3 is 0 Å². The Morgan fingerprint density at radius 1 is 1.15 bits per heavy atom. The first-order valence-corrected chi connectivity index (χ1v) is 11.8. The van der Waals surface area contributed by atoms with Crippen molar-refractivity contribution < 1.29 is 14.6 Å². The molecule has 0 spiro atoms. The highest BCUT2D eigenvalue weighted by Gasteiger charge is 2.24. The average Bonchev–Trinajstić information content (AvgIpc) is 3.30. The topological polar surface area (TPSA) is 83.7 Å². The lowest BCUT2D eigenvalue weighted by Gasteiger charge is -2.32. The molecule has 180 valence electrons. The van der Waals surface area contributed by atoms with Gasteiger partial charge in [-0.1, -0.05) is 36.4 Å². The van der Waals surface area contributed by atoms with E-state index in [9.17, 15) is 4.79 Å². The number of ether oxygens (including phenoxy) is 1. The molecule has 0 aliphatic carbocycles. The lowest BCUT2D eigenvalue weighted by molar-refractivity contribution is -0.132. The molecule has 0 bridgehead atoms. The van der Waals surface area contributed by atoms with Gasteiger partial charge < -0.3 is 19.3 Å². The summed E-state index contributed by atoms with van der Waals surface area (Å²) < 4.78 is 7.99. The maximum absolute atomic E-state index is 12.3. The van der Waals surface area contributed by atoms with Crippen LogP contribution >= 0.6 is 0 Å². The first kappa shape index (κ1) is 23.9. The third-order valence-electron chi connectivity index (χ3n) is 6.47. The highest BCUT2D eigenvalue weighted by Crippen LogP contribution is 2.31. The molecule has 34 heavy (non-hydrogen) atoms. The second kappa shape index (κ2) is 11.3. The molecule has 8 heteroatoms. The van der Waals surface area contributed by atoms with E-state index < -0.39 is 0 Å². The van der Waals surface area contributed by atoms with Crippen molar-refractivity contribution in [3.05, 3.63) is 66.2 Å². The van der Waals surface area contributed by atoms with Gasteiger partial charge in [0.05, 0.1) is 6.61 Å². The molecule has 3 aromatic rings. The van der Waals surface area contributed by atoms with E-state index in [1.54, 1.807) is 13.4 Å². The van der Waals surface area contributed by atoms with Crippen LogP contribution in [0.2, 0.25) is 0 Å². The monoisotopic (exact) mass is 463 g/mol. The first-order chi connectivity index (χ1) is 16.5. The zero-order chi connectivity index (χ0) is 23.9. The molecule has 0 atom stereocenters. The molecule has 1 aliphatic heterocycles. The summed E-state index contributed by atoms with van der Waals surface area (Å²) in [4.78, 5) is 16.3. The van der Waals surface area contributed by atoms with E-state index in [2.05, 4.69) is 33.3 Å². The van der Waals surface area contributed by atoms with Crippen molar-refractivity contribution in [3.8, 4) is 16.9 Å². The zero-order valence-electron chi connectivity index (χ0n) is 19.9. The summed E-state index contributed by atoms with van der Waals surface area (Å²) >= 11 is 0. The number of likely N-dealkylation sites (N-methyl/N-ethyl adjacent to an activating group) is 1. The summed E-state index contributed by atoms with van der Waals surface area (Å²) in [6.07, 6.45) is 3.83. The molecule has 1 aliphatic rings. The van der Waals surface area contributed by atoms with Crippen molar-refractivity contribution in [1.82, 2.24) is 24.6 Å². The van der Waals surface area contributed by atoms with Crippen LogP contribution < -0.4 is 4.74 Å². The molecule has 0 saturated carbocycles. The number of amides is 1. The number of likely N-dealkylation sites (tertiary alicyclic amines) is 1. The lowest BCUT2D eigenvalue weighted by atomic mass is 9.95. The van der Waals surface area contributed by atoms with Crippen LogP contribution in [0.1, 0.15) is 30.1 Å². The van der Waals surface area contributed by atoms with Crippen LogP contribution in [-0.4, -0.2) is 75.5 Å². The van der Waals surface area contributed by atoms with Gasteiger partial charge in [-0.2, -0.15) is 0 Å². The van der Waals surface area contributed by atoms with Crippen LogP contribution in [0.25, 0.3) is 11.1 Å². The normalized spacial score (nSPS) is 14.8. The summed E-state index contributed by atoms with van der Waals surface area (Å²) in [5.41, 5.74) is 3.34. The van der Waals surface area contributed by atoms with Crippen molar-refractivity contribution in [2.45, 2.75) is 25.3 Å². The number of rotatable bonds is 9. The van der Waals surface area contributed by atoms with Crippen molar-refractivity contribution in [1.29, 1.82) is 0 Å². The van der Waals surface area contributed by atoms with Gasteiger partial charge in [0, 0.05) is 38.7 Å². The predicted molar refractivity (Wildman–Crippen MR) is 130 cm³/mol. The second-order valence-corrected chi connectivity index (χ2v) is 8.87. The van der Waals surface area contributed by atoms with Gasteiger partial charge in [-0.05, 0) is 49.2 Å². The fourth-order valence-electron chi connectivity index (χ4n) is 4.43. The molecule has 0 unspecified atom stereocenters. The van der Waals surface area contributed by atoms with E-state index in [0.29, 0.717) is 12.5 Å². The standard InChI is InChI=1S/C26H33N5O3/c1-29(14-15-32)25(33)18-34-24-9-8-22(20-6-4-3-5-7-20)16-23(24)17-31-12-10-21(11-13-31)26-28-27-19-30(26)2/h3-9,16,19,21,32H,10-15,17-18H2,1-2H3. The van der Waals surface area contributed by atoms with Gasteiger partial charge in [-0.3, -0.25) is 9.69 Å². The fourth-order valence-corrected chi connectivity index (χ4v) is 4.43. The minimum atomic E-state index is -0.156. The summed E-state index contributed by atoms with van der Waals surface area (Å²) in [6, 6.07) is 16.4. The van der Waals surface area contributed by atoms with Gasteiger partial charge in [0.1, 0.15) is 17.9 Å². The molecule has 1 N–H and O–H groups in total. The Labute approximate surface area is 200 Å². The van der Waals surface area contributed by atoms with Crippen LogP contribution in [-0.2, 0) is 18.4 Å². The third kappa shape index (κ3) is 5.81. The number of aliphatic hydroxyl groups excluding tert-OH is 1. The summed E-state index contributed by atoms with van der Waals surface area (Å²) in [6.45, 7) is 2.85.